The molecule has 2 aromatic carbocycles. The van der Waals surface area contributed by atoms with Crippen molar-refractivity contribution < 1.29 is 39.6 Å². The van der Waals surface area contributed by atoms with E-state index in [9.17, 15) is 29.4 Å². The molecule has 0 spiro atoms. The molecule has 4 fully saturated rings. The third-order valence-electron chi connectivity index (χ3n) is 15.3. The molecule has 0 atom stereocenters. The maximum atomic E-state index is 13.2. The van der Waals surface area contributed by atoms with Crippen molar-refractivity contribution in [2.75, 3.05) is 85.6 Å². The Balaban J connectivity index is 0.000000214. The minimum atomic E-state index is -1.82. The van der Waals surface area contributed by atoms with Crippen molar-refractivity contribution >= 4 is 45.6 Å². The van der Waals surface area contributed by atoms with Crippen LogP contribution in [0.2, 0.25) is 0 Å². The van der Waals surface area contributed by atoms with Crippen molar-refractivity contribution in [2.24, 2.45) is 11.8 Å². The van der Waals surface area contributed by atoms with Crippen LogP contribution in [0.5, 0.6) is 0 Å². The second-order valence-corrected chi connectivity index (χ2v) is 21.6. The molecule has 18 nitrogen and oxygen atoms in total. The average molecular weight is 1010 g/mol. The van der Waals surface area contributed by atoms with Crippen molar-refractivity contribution in [3.8, 4) is 0 Å². The topological polar surface area (TPSA) is 239 Å². The van der Waals surface area contributed by atoms with Crippen LogP contribution in [0.15, 0.2) is 58.1 Å². The molecule has 0 saturated carbocycles. The normalized spacial score (nSPS) is 18.9. The first kappa shape index (κ1) is 56.8. The molecular formula is C55H80N8O10. The van der Waals surface area contributed by atoms with Gasteiger partial charge in [-0.05, 0) is 186 Å². The fourth-order valence-corrected chi connectivity index (χ4v) is 10.8. The van der Waals surface area contributed by atoms with Gasteiger partial charge in [-0.3, -0.25) is 19.2 Å². The van der Waals surface area contributed by atoms with Gasteiger partial charge in [0, 0.05) is 62.1 Å². The van der Waals surface area contributed by atoms with Crippen molar-refractivity contribution in [1.82, 2.24) is 39.8 Å². The lowest BCUT2D eigenvalue weighted by Gasteiger charge is -2.42. The van der Waals surface area contributed by atoms with Gasteiger partial charge in [0.2, 0.25) is 0 Å². The molecule has 4 aliphatic rings. The quantitative estimate of drug-likeness (QED) is 0.0976. The number of nitrogens with zero attached hydrogens (tertiary/aromatic N) is 5. The van der Waals surface area contributed by atoms with E-state index in [1.165, 1.54) is 0 Å². The number of amides is 2. The zero-order valence-corrected chi connectivity index (χ0v) is 44.0. The van der Waals surface area contributed by atoms with Crippen LogP contribution in [0.3, 0.4) is 0 Å². The molecule has 0 radical (unpaired) electrons. The third-order valence-corrected chi connectivity index (χ3v) is 15.3. The van der Waals surface area contributed by atoms with Gasteiger partial charge >= 0.3 is 11.9 Å². The number of nitrogens with one attached hydrogen (secondary N) is 3. The summed E-state index contributed by atoms with van der Waals surface area (Å²) >= 11 is 0. The maximum absolute atomic E-state index is 13.2. The number of aliphatic hydroxyl groups is 2. The minimum absolute atomic E-state index is 0.0337. The van der Waals surface area contributed by atoms with E-state index in [1.807, 2.05) is 77.9 Å². The number of likely N-dealkylation sites (tertiary alicyclic amines) is 3. The lowest BCUT2D eigenvalue weighted by Crippen LogP contribution is -2.52. The van der Waals surface area contributed by atoms with Gasteiger partial charge in [-0.1, -0.05) is 24.3 Å². The summed E-state index contributed by atoms with van der Waals surface area (Å²) in [5.74, 6) is -3.44. The zero-order valence-electron chi connectivity index (χ0n) is 44.0. The van der Waals surface area contributed by atoms with Gasteiger partial charge < -0.3 is 60.2 Å². The number of rotatable bonds is 12. The van der Waals surface area contributed by atoms with Crippen molar-refractivity contribution in [3.05, 3.63) is 91.5 Å². The third kappa shape index (κ3) is 14.8. The first-order valence-electron chi connectivity index (χ1n) is 26.2. The zero-order chi connectivity index (χ0) is 53.2. The Morgan fingerprint density at radius 2 is 0.986 bits per heavy atom. The highest BCUT2D eigenvalue weighted by molar-refractivity contribution is 6.27. The van der Waals surface area contributed by atoms with Gasteiger partial charge in [-0.2, -0.15) is 0 Å². The fourth-order valence-electron chi connectivity index (χ4n) is 10.8. The Labute approximate surface area is 428 Å². The Hall–Kier alpha value is -5.50. The van der Waals surface area contributed by atoms with E-state index in [0.29, 0.717) is 24.9 Å². The number of carboxylic acid groups (broad SMARTS) is 2. The first-order chi connectivity index (χ1) is 34.6. The molecule has 4 saturated heterocycles. The molecule has 4 aromatic rings. The number of piperidine rings is 4. The van der Waals surface area contributed by atoms with Gasteiger partial charge in [-0.25, -0.2) is 9.59 Å². The van der Waals surface area contributed by atoms with E-state index >= 15 is 0 Å². The summed E-state index contributed by atoms with van der Waals surface area (Å²) in [6, 6.07) is 15.2. The Morgan fingerprint density at radius 3 is 1.34 bits per heavy atom. The molecular weight excluding hydrogens is 933 g/mol. The monoisotopic (exact) mass is 1010 g/mol. The molecule has 0 aliphatic carbocycles. The molecule has 73 heavy (non-hydrogen) atoms. The standard InChI is InChI=1S/C27H40N4O3.C26H38N4O3.C2H2O4/c1-19(2)31-24-7-5-6-20(3)22(24)16-23(26(31)33)25(32)28-17-21-8-12-30(13-9-21)18-27(34)10-14-29(4)15-11-27;1-18(2)30-23-6-4-5-19(3)21(23)15-22(25(30)32)24(31)28-16-20-7-13-29(14-8-20)17-26(33)9-11-27-12-10-26;3-1(4)2(5)6/h5-7,16,19,21,34H,8-15,17-18H2,1-4H3,(H,28,32);4-6,15,18,20,27,33H,7-14,16-17H2,1-3H3,(H,28,31);(H,3,4)(H,5,6). The molecule has 2 amide bonds. The molecule has 6 heterocycles. The fraction of sp³-hybridized carbons (Fsp3) is 0.600. The highest BCUT2D eigenvalue weighted by Crippen LogP contribution is 2.28. The van der Waals surface area contributed by atoms with E-state index < -0.39 is 23.1 Å². The first-order valence-corrected chi connectivity index (χ1v) is 26.2. The van der Waals surface area contributed by atoms with Crippen LogP contribution in [0.1, 0.15) is 123 Å². The van der Waals surface area contributed by atoms with E-state index in [-0.39, 0.29) is 46.1 Å². The van der Waals surface area contributed by atoms with Gasteiger partial charge in [0.05, 0.1) is 22.2 Å². The van der Waals surface area contributed by atoms with E-state index in [0.717, 1.165) is 150 Å². The number of fused-ring (bicyclic) bond motifs is 2. The molecule has 18 heteroatoms. The number of hydrogen-bond donors (Lipinski definition) is 7. The lowest BCUT2D eigenvalue weighted by atomic mass is 9.89. The van der Waals surface area contributed by atoms with Crippen LogP contribution >= 0.6 is 0 Å². The molecule has 4 aliphatic heterocycles. The van der Waals surface area contributed by atoms with E-state index in [1.54, 1.807) is 21.3 Å². The van der Waals surface area contributed by atoms with Crippen molar-refractivity contribution in [3.63, 3.8) is 0 Å². The van der Waals surface area contributed by atoms with Gasteiger partial charge in [0.25, 0.3) is 22.9 Å². The average Bonchev–Trinajstić information content (AvgIpc) is 3.34. The minimum Gasteiger partial charge on any atom is -0.473 e. The smallest absolute Gasteiger partial charge is 0.414 e. The number of hydrogen-bond acceptors (Lipinski definition) is 12. The van der Waals surface area contributed by atoms with Crippen LogP contribution < -0.4 is 27.1 Å². The predicted octanol–water partition coefficient (Wildman–Crippen LogP) is 4.39. The molecule has 0 unspecified atom stereocenters. The van der Waals surface area contributed by atoms with E-state index in [2.05, 4.69) is 37.7 Å². The highest BCUT2D eigenvalue weighted by atomic mass is 16.4. The van der Waals surface area contributed by atoms with Crippen LogP contribution in [-0.2, 0) is 9.59 Å². The summed E-state index contributed by atoms with van der Waals surface area (Å²) in [5.41, 5.74) is 2.68. The molecule has 7 N–H and O–H groups in total. The number of aromatic nitrogens is 2. The van der Waals surface area contributed by atoms with Crippen LogP contribution in [0, 0.1) is 25.7 Å². The lowest BCUT2D eigenvalue weighted by molar-refractivity contribution is -0.159. The van der Waals surface area contributed by atoms with E-state index in [4.69, 9.17) is 19.8 Å². The van der Waals surface area contributed by atoms with Crippen LogP contribution in [0.25, 0.3) is 21.8 Å². The highest BCUT2D eigenvalue weighted by Gasteiger charge is 2.35. The summed E-state index contributed by atoms with van der Waals surface area (Å²) in [7, 11) is 2.11. The van der Waals surface area contributed by atoms with Crippen LogP contribution in [0.4, 0.5) is 0 Å². The summed E-state index contributed by atoms with van der Waals surface area (Å²) in [6.45, 7) is 21.9. The number of aliphatic carboxylic acids is 2. The van der Waals surface area contributed by atoms with Crippen molar-refractivity contribution in [2.45, 2.75) is 116 Å². The van der Waals surface area contributed by atoms with Crippen LogP contribution in [-0.4, -0.2) is 165 Å². The summed E-state index contributed by atoms with van der Waals surface area (Å²) in [5, 5.41) is 47.8. The molecule has 2 aromatic heterocycles. The number of β-amino-alcohol motifs (C(OH)–C–C–N with tert-alkyl or cyclic N) is 2. The second-order valence-electron chi connectivity index (χ2n) is 21.6. The number of aryl methyl sites for hydroxylation is 2. The van der Waals surface area contributed by atoms with Gasteiger partial charge in [0.15, 0.2) is 0 Å². The molecule has 400 valence electrons. The largest absolute Gasteiger partial charge is 0.473 e. The van der Waals surface area contributed by atoms with Gasteiger partial charge in [0.1, 0.15) is 11.1 Å². The number of benzene rings is 2. The Kier molecular flexibility index (Phi) is 19.6. The SMILES string of the molecule is Cc1cccc2c1cc(C(=O)NCC1CCN(CC3(O)CCN(C)CC3)CC1)c(=O)n2C(C)C.Cc1cccc2c1cc(C(=O)NCC1CCN(CC3(O)CCNCC3)CC1)c(=O)n2C(C)C.O=C(O)C(=O)O. The summed E-state index contributed by atoms with van der Waals surface area (Å²) in [6.07, 6.45) is 7.23. The number of carboxylic acids is 2. The molecule has 0 bridgehead atoms. The molecule has 8 rings (SSSR count). The maximum Gasteiger partial charge on any atom is 0.414 e. The Bertz CT molecular complexity index is 2670. The number of carbonyl (C=O) groups is 4. The Morgan fingerprint density at radius 1 is 0.616 bits per heavy atom. The second kappa shape index (κ2) is 25.2. The van der Waals surface area contributed by atoms with Crippen molar-refractivity contribution in [1.29, 1.82) is 0 Å². The number of carbonyl (C=O) groups excluding carboxylic acids is 2. The summed E-state index contributed by atoms with van der Waals surface area (Å²) in [4.78, 5) is 77.6. The van der Waals surface area contributed by atoms with Gasteiger partial charge in [-0.15, -0.1) is 0 Å². The number of pyridine rings is 2. The summed E-state index contributed by atoms with van der Waals surface area (Å²) < 4.78 is 3.45. The predicted molar refractivity (Wildman–Crippen MR) is 284 cm³/mol.